The summed E-state index contributed by atoms with van der Waals surface area (Å²) in [5.74, 6) is 0. The number of aryl methyl sites for hydroxylation is 1. The predicted octanol–water partition coefficient (Wildman–Crippen LogP) is 4.45. The van der Waals surface area contributed by atoms with Crippen LogP contribution >= 0.6 is 15.9 Å². The first kappa shape index (κ1) is 11.2. The van der Waals surface area contributed by atoms with E-state index < -0.39 is 0 Å². The molecule has 1 aromatic carbocycles. The van der Waals surface area contributed by atoms with Crippen LogP contribution in [0.2, 0.25) is 0 Å². The summed E-state index contributed by atoms with van der Waals surface area (Å²) < 4.78 is 0. The number of benzene rings is 1. The summed E-state index contributed by atoms with van der Waals surface area (Å²) in [6.07, 6.45) is 5.05. The van der Waals surface area contributed by atoms with E-state index in [4.69, 9.17) is 0 Å². The van der Waals surface area contributed by atoms with Crippen LogP contribution in [-0.2, 0) is 11.8 Å². The Morgan fingerprint density at radius 3 is 2.87 bits per heavy atom. The Labute approximate surface area is 101 Å². The monoisotopic (exact) mass is 266 g/mol. The van der Waals surface area contributed by atoms with E-state index >= 15 is 0 Å². The summed E-state index contributed by atoms with van der Waals surface area (Å²) in [6.45, 7) is 4.63. The van der Waals surface area contributed by atoms with E-state index in [0.29, 0.717) is 10.2 Å². The molecule has 0 nitrogen and oxygen atoms in total. The minimum absolute atomic E-state index is 0.402. The number of halogens is 1. The smallest absolute Gasteiger partial charge is 0.0154 e. The third kappa shape index (κ3) is 2.28. The molecule has 82 valence electrons. The van der Waals surface area contributed by atoms with Gasteiger partial charge in [-0.05, 0) is 42.2 Å². The Morgan fingerprint density at radius 1 is 1.47 bits per heavy atom. The molecular weight excluding hydrogens is 248 g/mol. The predicted molar refractivity (Wildman–Crippen MR) is 69.7 cm³/mol. The van der Waals surface area contributed by atoms with Crippen LogP contribution in [0.3, 0.4) is 0 Å². The molecule has 0 spiro atoms. The molecule has 0 bridgehead atoms. The minimum Gasteiger partial charge on any atom is -0.0890 e. The van der Waals surface area contributed by atoms with Gasteiger partial charge in [-0.25, -0.2) is 0 Å². The highest BCUT2D eigenvalue weighted by Crippen LogP contribution is 2.43. The molecule has 1 fully saturated rings. The first-order valence-corrected chi connectivity index (χ1v) is 6.79. The molecule has 0 aliphatic heterocycles. The zero-order valence-corrected chi connectivity index (χ0v) is 11.2. The van der Waals surface area contributed by atoms with Crippen molar-refractivity contribution in [3.8, 4) is 0 Å². The summed E-state index contributed by atoms with van der Waals surface area (Å²) in [7, 11) is 0. The Balaban J connectivity index is 2.28. The van der Waals surface area contributed by atoms with E-state index in [9.17, 15) is 0 Å². The first-order chi connectivity index (χ1) is 7.14. The van der Waals surface area contributed by atoms with Crippen molar-refractivity contribution in [3.05, 3.63) is 35.4 Å². The lowest BCUT2D eigenvalue weighted by Crippen LogP contribution is -2.17. The highest BCUT2D eigenvalue weighted by molar-refractivity contribution is 9.09. The molecular formula is C14H19Br. The van der Waals surface area contributed by atoms with Gasteiger partial charge in [-0.3, -0.25) is 0 Å². The Hall–Kier alpha value is -0.300. The van der Waals surface area contributed by atoms with Gasteiger partial charge in [-0.15, -0.1) is 0 Å². The maximum Gasteiger partial charge on any atom is 0.0154 e. The van der Waals surface area contributed by atoms with Crippen LogP contribution < -0.4 is 0 Å². The molecule has 0 amide bonds. The summed E-state index contributed by atoms with van der Waals surface area (Å²) >= 11 is 3.75. The molecule has 1 aliphatic carbocycles. The number of rotatable bonds is 2. The molecule has 1 aromatic rings. The molecule has 2 atom stereocenters. The summed E-state index contributed by atoms with van der Waals surface area (Å²) in [5, 5.41) is 0. The number of alkyl halides is 1. The topological polar surface area (TPSA) is 0 Å². The van der Waals surface area contributed by atoms with Gasteiger partial charge in [0.25, 0.3) is 0 Å². The minimum atomic E-state index is 0.402. The second-order valence-electron chi connectivity index (χ2n) is 4.95. The third-order valence-corrected chi connectivity index (χ3v) is 4.50. The Bertz CT molecular complexity index is 345. The van der Waals surface area contributed by atoms with E-state index in [0.717, 1.165) is 6.42 Å². The van der Waals surface area contributed by atoms with Crippen LogP contribution in [0.5, 0.6) is 0 Å². The fourth-order valence-corrected chi connectivity index (χ4v) is 3.54. The van der Waals surface area contributed by atoms with Crippen LogP contribution in [0.15, 0.2) is 24.3 Å². The van der Waals surface area contributed by atoms with Crippen molar-refractivity contribution in [1.29, 1.82) is 0 Å². The molecule has 2 unspecified atom stereocenters. The van der Waals surface area contributed by atoms with Crippen molar-refractivity contribution in [2.45, 2.75) is 49.8 Å². The van der Waals surface area contributed by atoms with Gasteiger partial charge in [0, 0.05) is 4.83 Å². The average molecular weight is 267 g/mol. The summed E-state index contributed by atoms with van der Waals surface area (Å²) in [5.41, 5.74) is 3.40. The van der Waals surface area contributed by atoms with E-state index in [1.807, 2.05) is 0 Å². The first-order valence-electron chi connectivity index (χ1n) is 5.87. The molecule has 1 saturated carbocycles. The summed E-state index contributed by atoms with van der Waals surface area (Å²) in [4.78, 5) is 0.716. The molecule has 0 N–H and O–H groups in total. The highest BCUT2D eigenvalue weighted by Gasteiger charge is 2.35. The lowest BCUT2D eigenvalue weighted by Gasteiger charge is -2.25. The maximum absolute atomic E-state index is 3.75. The highest BCUT2D eigenvalue weighted by atomic mass is 79.9. The van der Waals surface area contributed by atoms with E-state index in [2.05, 4.69) is 54.0 Å². The standard InChI is InChI=1S/C14H19Br/c1-3-11-5-4-6-12(9-11)14(2)8-7-13(15)10-14/h4-6,9,13H,3,7-8,10H2,1-2H3. The van der Waals surface area contributed by atoms with Crippen LogP contribution in [0.4, 0.5) is 0 Å². The second kappa shape index (κ2) is 4.29. The molecule has 2 rings (SSSR count). The second-order valence-corrected chi connectivity index (χ2v) is 6.25. The molecule has 1 aliphatic rings. The molecule has 0 heterocycles. The van der Waals surface area contributed by atoms with Gasteiger partial charge in [-0.1, -0.05) is 54.0 Å². The van der Waals surface area contributed by atoms with Gasteiger partial charge in [0.05, 0.1) is 0 Å². The fourth-order valence-electron chi connectivity index (χ4n) is 2.60. The normalized spacial score (nSPS) is 30.7. The lowest BCUT2D eigenvalue weighted by atomic mass is 9.80. The van der Waals surface area contributed by atoms with Crippen molar-refractivity contribution >= 4 is 15.9 Å². The largest absolute Gasteiger partial charge is 0.0890 e. The van der Waals surface area contributed by atoms with Gasteiger partial charge in [0.15, 0.2) is 0 Å². The third-order valence-electron chi connectivity index (χ3n) is 3.71. The van der Waals surface area contributed by atoms with Crippen LogP contribution in [-0.4, -0.2) is 4.83 Å². The molecule has 0 aromatic heterocycles. The Kier molecular flexibility index (Phi) is 3.20. The van der Waals surface area contributed by atoms with Gasteiger partial charge in [-0.2, -0.15) is 0 Å². The van der Waals surface area contributed by atoms with Gasteiger partial charge >= 0.3 is 0 Å². The molecule has 0 saturated heterocycles. The average Bonchev–Trinajstić information content (AvgIpc) is 2.60. The van der Waals surface area contributed by atoms with Gasteiger partial charge < -0.3 is 0 Å². The zero-order chi connectivity index (χ0) is 10.9. The van der Waals surface area contributed by atoms with E-state index in [-0.39, 0.29) is 0 Å². The van der Waals surface area contributed by atoms with Gasteiger partial charge in [0.2, 0.25) is 0 Å². The number of hydrogen-bond donors (Lipinski definition) is 0. The van der Waals surface area contributed by atoms with Crippen LogP contribution in [0.1, 0.15) is 44.2 Å². The maximum atomic E-state index is 3.75. The van der Waals surface area contributed by atoms with Gasteiger partial charge in [0.1, 0.15) is 0 Å². The van der Waals surface area contributed by atoms with Crippen LogP contribution in [0.25, 0.3) is 0 Å². The van der Waals surface area contributed by atoms with Crippen molar-refractivity contribution in [2.24, 2.45) is 0 Å². The summed E-state index contributed by atoms with van der Waals surface area (Å²) in [6, 6.07) is 9.13. The Morgan fingerprint density at radius 2 is 2.27 bits per heavy atom. The SMILES string of the molecule is CCc1cccc(C2(C)CCC(Br)C2)c1. The van der Waals surface area contributed by atoms with Crippen LogP contribution in [0, 0.1) is 0 Å². The van der Waals surface area contributed by atoms with E-state index in [1.54, 1.807) is 0 Å². The van der Waals surface area contributed by atoms with Crippen molar-refractivity contribution in [2.75, 3.05) is 0 Å². The zero-order valence-electron chi connectivity index (χ0n) is 9.59. The van der Waals surface area contributed by atoms with Crippen molar-refractivity contribution < 1.29 is 0 Å². The quantitative estimate of drug-likeness (QED) is 0.694. The molecule has 1 heteroatoms. The van der Waals surface area contributed by atoms with Crippen molar-refractivity contribution in [3.63, 3.8) is 0 Å². The number of hydrogen-bond acceptors (Lipinski definition) is 0. The van der Waals surface area contributed by atoms with Crippen molar-refractivity contribution in [1.82, 2.24) is 0 Å². The molecule has 15 heavy (non-hydrogen) atoms. The lowest BCUT2D eigenvalue weighted by molar-refractivity contribution is 0.492. The fraction of sp³-hybridized carbons (Fsp3) is 0.571. The van der Waals surface area contributed by atoms with E-state index in [1.165, 1.54) is 30.4 Å². The molecule has 0 radical (unpaired) electrons.